The van der Waals surface area contributed by atoms with Crippen LogP contribution in [0.4, 0.5) is 0 Å². The van der Waals surface area contributed by atoms with Crippen molar-refractivity contribution in [1.82, 2.24) is 4.57 Å². The van der Waals surface area contributed by atoms with E-state index in [4.69, 9.17) is 0 Å². The second kappa shape index (κ2) is 5.67. The van der Waals surface area contributed by atoms with Gasteiger partial charge in [-0.25, -0.2) is 0 Å². The van der Waals surface area contributed by atoms with Gasteiger partial charge in [0.15, 0.2) is 0 Å². The molecule has 0 amide bonds. The van der Waals surface area contributed by atoms with Crippen molar-refractivity contribution >= 4 is 29.5 Å². The van der Waals surface area contributed by atoms with E-state index in [1.807, 2.05) is 0 Å². The molecular weight excluding hydrogens is 169 g/mol. The normalized spacial score (nSPS) is 13.3. The summed E-state index contributed by atoms with van der Waals surface area (Å²) in [5, 5.41) is 1.55. The van der Waals surface area contributed by atoms with Gasteiger partial charge in [-0.15, -0.1) is 0 Å². The van der Waals surface area contributed by atoms with Gasteiger partial charge in [0.1, 0.15) is 0 Å². The summed E-state index contributed by atoms with van der Waals surface area (Å²) in [6, 6.07) is 10.9. The first-order valence-electron chi connectivity index (χ1n) is 5.08. The van der Waals surface area contributed by atoms with Gasteiger partial charge < -0.3 is 0 Å². The summed E-state index contributed by atoms with van der Waals surface area (Å²) in [5.74, 6) is 0. The third-order valence-corrected chi connectivity index (χ3v) is 5.82. The number of rotatable bonds is 4. The van der Waals surface area contributed by atoms with Gasteiger partial charge in [-0.2, -0.15) is 0 Å². The van der Waals surface area contributed by atoms with Crippen LogP contribution in [-0.4, -0.2) is 42.0 Å². The maximum absolute atomic E-state index is 2.59. The molecule has 1 atom stereocenters. The number of hydrogen-bond acceptors (Lipinski definition) is 1. The van der Waals surface area contributed by atoms with E-state index >= 15 is 0 Å². The zero-order valence-electron chi connectivity index (χ0n) is 8.83. The number of hydrogen-bond donors (Lipinski definition) is 0. The van der Waals surface area contributed by atoms with Crippen LogP contribution >= 0.6 is 0 Å². The Morgan fingerprint density at radius 1 is 1.15 bits per heavy atom. The second-order valence-electron chi connectivity index (χ2n) is 3.31. The molecule has 0 saturated heterocycles. The van der Waals surface area contributed by atoms with E-state index in [1.165, 1.54) is 13.1 Å². The van der Waals surface area contributed by atoms with Crippen LogP contribution < -0.4 is 5.19 Å². The van der Waals surface area contributed by atoms with E-state index in [0.717, 1.165) is 0 Å². The van der Waals surface area contributed by atoms with Crippen LogP contribution in [0.2, 0.25) is 0 Å². The number of benzene rings is 1. The molecule has 1 nitrogen and oxygen atoms in total. The predicted molar refractivity (Wildman–Crippen MR) is 61.9 cm³/mol. The molecule has 1 unspecified atom stereocenters. The van der Waals surface area contributed by atoms with E-state index in [2.05, 4.69) is 65.8 Å². The summed E-state index contributed by atoms with van der Waals surface area (Å²) in [5.41, 5.74) is 0. The minimum absolute atomic E-state index is 0.842. The molecule has 0 fully saturated rings. The second-order valence-corrected chi connectivity index (χ2v) is 6.06. The molecule has 0 bridgehead atoms. The van der Waals surface area contributed by atoms with Crippen molar-refractivity contribution in [3.8, 4) is 0 Å². The van der Waals surface area contributed by atoms with Crippen molar-refractivity contribution in [3.63, 3.8) is 0 Å². The fraction of sp³-hybridized carbons (Fsp3) is 0.400. The molecule has 0 radical (unpaired) electrons. The Balaban J connectivity index is 2.72. The van der Waals surface area contributed by atoms with Crippen molar-refractivity contribution < 1.29 is 0 Å². The van der Waals surface area contributed by atoms with Crippen molar-refractivity contribution in [2.75, 3.05) is 13.1 Å². The summed E-state index contributed by atoms with van der Waals surface area (Å²) >= 11 is 2.41. The third-order valence-electron chi connectivity index (χ3n) is 2.64. The minimum atomic E-state index is -0.842. The first-order valence-corrected chi connectivity index (χ1v) is 7.33. The molecule has 0 spiro atoms. The molecule has 1 aromatic carbocycles. The number of nitrogens with zero attached hydrogens (tertiary/aromatic N) is 1. The summed E-state index contributed by atoms with van der Waals surface area (Å²) in [6.07, 6.45) is 0. The van der Waals surface area contributed by atoms with E-state index in [1.54, 1.807) is 5.19 Å². The molecule has 1 aromatic rings. The molecular formula is C10H16LiNSi. The zero-order chi connectivity index (χ0) is 9.68. The molecule has 0 aliphatic rings. The molecule has 0 heterocycles. The van der Waals surface area contributed by atoms with Crippen LogP contribution in [0.15, 0.2) is 30.3 Å². The Kier molecular flexibility index (Phi) is 4.83. The average molecular weight is 185 g/mol. The molecule has 1 rings (SSSR count). The molecule has 0 N–H and O–H groups in total. The van der Waals surface area contributed by atoms with Gasteiger partial charge in [-0.1, -0.05) is 0 Å². The summed E-state index contributed by atoms with van der Waals surface area (Å²) < 4.78 is 2.59. The maximum atomic E-state index is 2.59. The van der Waals surface area contributed by atoms with Crippen LogP contribution in [0.5, 0.6) is 0 Å². The first-order chi connectivity index (χ1) is 6.29. The third kappa shape index (κ3) is 3.00. The monoisotopic (exact) mass is 185 g/mol. The fourth-order valence-electron chi connectivity index (χ4n) is 1.71. The van der Waals surface area contributed by atoms with Crippen LogP contribution in [0.25, 0.3) is 0 Å². The zero-order valence-corrected chi connectivity index (χ0v) is 9.98. The summed E-state index contributed by atoms with van der Waals surface area (Å²) in [4.78, 5) is 0. The SMILES string of the molecule is [Li][SiH](c1ccccc1)N(CC)CC. The molecule has 0 saturated carbocycles. The fourth-order valence-corrected chi connectivity index (χ4v) is 4.01. The first kappa shape index (κ1) is 11.1. The van der Waals surface area contributed by atoms with E-state index in [0.29, 0.717) is 0 Å². The molecule has 66 valence electrons. The Bertz CT molecular complexity index is 236. The predicted octanol–water partition coefficient (Wildman–Crippen LogP) is 0.624. The molecule has 0 aliphatic heterocycles. The molecule has 3 heteroatoms. The quantitative estimate of drug-likeness (QED) is 0.622. The van der Waals surface area contributed by atoms with Crippen LogP contribution in [0.1, 0.15) is 13.8 Å². The van der Waals surface area contributed by atoms with Crippen LogP contribution in [0.3, 0.4) is 0 Å². The van der Waals surface area contributed by atoms with Gasteiger partial charge in [0.2, 0.25) is 0 Å². The molecule has 13 heavy (non-hydrogen) atoms. The molecule has 0 aromatic heterocycles. The van der Waals surface area contributed by atoms with Gasteiger partial charge >= 0.3 is 91.3 Å². The van der Waals surface area contributed by atoms with Gasteiger partial charge in [-0.3, -0.25) is 0 Å². The van der Waals surface area contributed by atoms with Crippen molar-refractivity contribution in [2.24, 2.45) is 0 Å². The van der Waals surface area contributed by atoms with E-state index in [-0.39, 0.29) is 0 Å². The van der Waals surface area contributed by atoms with Crippen LogP contribution in [-0.2, 0) is 0 Å². The van der Waals surface area contributed by atoms with Crippen molar-refractivity contribution in [3.05, 3.63) is 30.3 Å². The summed E-state index contributed by atoms with van der Waals surface area (Å²) in [7, 11) is -0.842. The van der Waals surface area contributed by atoms with Crippen molar-refractivity contribution in [1.29, 1.82) is 0 Å². The topological polar surface area (TPSA) is 3.24 Å². The van der Waals surface area contributed by atoms with Crippen molar-refractivity contribution in [2.45, 2.75) is 13.8 Å². The van der Waals surface area contributed by atoms with Gasteiger partial charge in [0, 0.05) is 0 Å². The van der Waals surface area contributed by atoms with E-state index < -0.39 is 7.28 Å². The van der Waals surface area contributed by atoms with Gasteiger partial charge in [0.25, 0.3) is 0 Å². The summed E-state index contributed by atoms with van der Waals surface area (Å²) in [6.45, 7) is 6.85. The van der Waals surface area contributed by atoms with E-state index in [9.17, 15) is 0 Å². The van der Waals surface area contributed by atoms with Gasteiger partial charge in [-0.05, 0) is 0 Å². The Morgan fingerprint density at radius 2 is 1.69 bits per heavy atom. The standard InChI is InChI=1S/C10H16NSi.Li/c1-3-11(4-2)12-10-8-6-5-7-9-10;/h5-9,12H,3-4H2,1-2H3;. The Morgan fingerprint density at radius 3 is 2.15 bits per heavy atom. The molecule has 0 aliphatic carbocycles. The Hall–Kier alpha value is -0.00571. The Labute approximate surface area is 91.4 Å². The van der Waals surface area contributed by atoms with Crippen LogP contribution in [0, 0.1) is 0 Å². The van der Waals surface area contributed by atoms with Gasteiger partial charge in [0.05, 0.1) is 0 Å². The average Bonchev–Trinajstić information content (AvgIpc) is 2.21.